The highest BCUT2D eigenvalue weighted by atomic mass is 16.5. The van der Waals surface area contributed by atoms with E-state index in [2.05, 4.69) is 5.32 Å². The Morgan fingerprint density at radius 3 is 2.86 bits per heavy atom. The lowest BCUT2D eigenvalue weighted by Gasteiger charge is -2.37. The maximum absolute atomic E-state index is 12.1. The van der Waals surface area contributed by atoms with Crippen molar-refractivity contribution >= 4 is 17.6 Å². The summed E-state index contributed by atoms with van der Waals surface area (Å²) in [7, 11) is 0. The lowest BCUT2D eigenvalue weighted by Crippen LogP contribution is -2.54. The van der Waals surface area contributed by atoms with Crippen molar-refractivity contribution in [2.75, 3.05) is 31.2 Å². The van der Waals surface area contributed by atoms with Crippen LogP contribution in [0.2, 0.25) is 0 Å². The molecule has 1 aromatic rings. The lowest BCUT2D eigenvalue weighted by atomic mass is 10.1. The number of morpholine rings is 1. The van der Waals surface area contributed by atoms with Crippen LogP contribution in [0.25, 0.3) is 0 Å². The molecule has 0 saturated carbocycles. The quantitative estimate of drug-likeness (QED) is 0.866. The summed E-state index contributed by atoms with van der Waals surface area (Å²) in [6, 6.07) is 4.57. The van der Waals surface area contributed by atoms with Crippen LogP contribution in [0.5, 0.6) is 0 Å². The van der Waals surface area contributed by atoms with Crippen molar-refractivity contribution in [3.05, 3.63) is 29.3 Å². The van der Waals surface area contributed by atoms with E-state index >= 15 is 0 Å². The third-order valence-electron chi connectivity index (χ3n) is 3.54. The Bertz CT molecular complexity index is 544. The van der Waals surface area contributed by atoms with Crippen molar-refractivity contribution in [1.29, 1.82) is 0 Å². The van der Waals surface area contributed by atoms with Gasteiger partial charge in [0.1, 0.15) is 6.04 Å². The number of carboxylic acid groups (broad SMARTS) is 1. The van der Waals surface area contributed by atoms with Crippen LogP contribution in [0.1, 0.15) is 22.8 Å². The molecule has 1 unspecified atom stereocenters. The van der Waals surface area contributed by atoms with Gasteiger partial charge in [0, 0.05) is 18.8 Å². The summed E-state index contributed by atoms with van der Waals surface area (Å²) in [5, 5.41) is 11.8. The number of amides is 1. The Morgan fingerprint density at radius 2 is 2.24 bits per heavy atom. The highest BCUT2D eigenvalue weighted by Crippen LogP contribution is 2.25. The van der Waals surface area contributed by atoms with Gasteiger partial charge in [-0.1, -0.05) is 0 Å². The summed E-state index contributed by atoms with van der Waals surface area (Å²) >= 11 is 0. The monoisotopic (exact) mass is 292 g/mol. The van der Waals surface area contributed by atoms with Gasteiger partial charge in [-0.05, 0) is 37.6 Å². The molecule has 114 valence electrons. The van der Waals surface area contributed by atoms with E-state index in [9.17, 15) is 9.59 Å². The van der Waals surface area contributed by atoms with Crippen molar-refractivity contribution in [1.82, 2.24) is 5.32 Å². The standard InChI is InChI=1S/C15H20N2O4/c1-3-16-14(18)13-9-21-7-6-17(13)12-5-4-11(15(19)20)8-10(12)2/h4-5,8,13H,3,6-7,9H2,1-2H3,(H,16,18)(H,19,20). The summed E-state index contributed by atoms with van der Waals surface area (Å²) in [5.41, 5.74) is 1.96. The molecule has 2 rings (SSSR count). The first-order valence-electron chi connectivity index (χ1n) is 7.00. The van der Waals surface area contributed by atoms with E-state index in [-0.39, 0.29) is 17.5 Å². The Kier molecular flexibility index (Phi) is 4.80. The first-order chi connectivity index (χ1) is 10.0. The summed E-state index contributed by atoms with van der Waals surface area (Å²) in [6.45, 7) is 5.79. The smallest absolute Gasteiger partial charge is 0.335 e. The molecule has 1 fully saturated rings. The highest BCUT2D eigenvalue weighted by Gasteiger charge is 2.30. The van der Waals surface area contributed by atoms with Crippen LogP contribution in [0.3, 0.4) is 0 Å². The number of benzene rings is 1. The Balaban J connectivity index is 2.29. The van der Waals surface area contributed by atoms with E-state index in [0.29, 0.717) is 26.3 Å². The minimum Gasteiger partial charge on any atom is -0.478 e. The molecule has 1 aliphatic rings. The van der Waals surface area contributed by atoms with Gasteiger partial charge in [-0.15, -0.1) is 0 Å². The third kappa shape index (κ3) is 3.33. The fourth-order valence-corrected chi connectivity index (χ4v) is 2.51. The van der Waals surface area contributed by atoms with Crippen molar-refractivity contribution in [2.45, 2.75) is 19.9 Å². The van der Waals surface area contributed by atoms with E-state index in [1.165, 1.54) is 0 Å². The van der Waals surface area contributed by atoms with Gasteiger partial charge in [0.15, 0.2) is 0 Å². The zero-order valence-electron chi connectivity index (χ0n) is 12.3. The molecule has 1 saturated heterocycles. The molecule has 2 N–H and O–H groups in total. The van der Waals surface area contributed by atoms with Gasteiger partial charge in [-0.3, -0.25) is 4.79 Å². The Morgan fingerprint density at radius 1 is 1.48 bits per heavy atom. The number of aryl methyl sites for hydroxylation is 1. The molecular formula is C15H20N2O4. The van der Waals surface area contributed by atoms with Crippen LogP contribution in [0, 0.1) is 6.92 Å². The first-order valence-corrected chi connectivity index (χ1v) is 7.00. The normalized spacial score (nSPS) is 18.4. The Hall–Kier alpha value is -2.08. The molecule has 21 heavy (non-hydrogen) atoms. The highest BCUT2D eigenvalue weighted by molar-refractivity contribution is 5.89. The lowest BCUT2D eigenvalue weighted by molar-refractivity contribution is -0.124. The van der Waals surface area contributed by atoms with Gasteiger partial charge >= 0.3 is 5.97 Å². The van der Waals surface area contributed by atoms with Crippen LogP contribution in [0.15, 0.2) is 18.2 Å². The first kappa shape index (κ1) is 15.3. The number of hydrogen-bond acceptors (Lipinski definition) is 4. The molecule has 1 heterocycles. The fraction of sp³-hybridized carbons (Fsp3) is 0.467. The second kappa shape index (κ2) is 6.58. The number of nitrogens with zero attached hydrogens (tertiary/aromatic N) is 1. The van der Waals surface area contributed by atoms with E-state index in [0.717, 1.165) is 11.3 Å². The van der Waals surface area contributed by atoms with Crippen LogP contribution in [0.4, 0.5) is 5.69 Å². The average Bonchev–Trinajstić information content (AvgIpc) is 2.47. The molecule has 1 aromatic carbocycles. The van der Waals surface area contributed by atoms with Crippen LogP contribution in [-0.2, 0) is 9.53 Å². The number of likely N-dealkylation sites (N-methyl/N-ethyl adjacent to an activating group) is 1. The zero-order chi connectivity index (χ0) is 15.4. The number of carbonyl (C=O) groups is 2. The van der Waals surface area contributed by atoms with Gasteiger partial charge in [0.2, 0.25) is 5.91 Å². The molecule has 0 spiro atoms. The SMILES string of the molecule is CCNC(=O)C1COCCN1c1ccc(C(=O)O)cc1C. The van der Waals surface area contributed by atoms with Crippen LogP contribution < -0.4 is 10.2 Å². The number of hydrogen-bond donors (Lipinski definition) is 2. The molecule has 1 amide bonds. The second-order valence-corrected chi connectivity index (χ2v) is 4.99. The maximum atomic E-state index is 12.1. The van der Waals surface area contributed by atoms with Crippen molar-refractivity contribution in [3.8, 4) is 0 Å². The van der Waals surface area contributed by atoms with E-state index in [1.54, 1.807) is 18.2 Å². The maximum Gasteiger partial charge on any atom is 0.335 e. The number of aromatic carboxylic acids is 1. The predicted octanol–water partition coefficient (Wildman–Crippen LogP) is 1.03. The molecule has 0 aliphatic carbocycles. The van der Waals surface area contributed by atoms with E-state index in [4.69, 9.17) is 9.84 Å². The minimum atomic E-state index is -0.952. The number of anilines is 1. The summed E-state index contributed by atoms with van der Waals surface area (Å²) < 4.78 is 5.41. The fourth-order valence-electron chi connectivity index (χ4n) is 2.51. The van der Waals surface area contributed by atoms with Gasteiger partial charge in [-0.2, -0.15) is 0 Å². The van der Waals surface area contributed by atoms with Crippen LogP contribution >= 0.6 is 0 Å². The topological polar surface area (TPSA) is 78.9 Å². The second-order valence-electron chi connectivity index (χ2n) is 4.99. The van der Waals surface area contributed by atoms with Crippen molar-refractivity contribution in [3.63, 3.8) is 0 Å². The number of rotatable bonds is 4. The Labute approximate surface area is 123 Å². The largest absolute Gasteiger partial charge is 0.478 e. The molecular weight excluding hydrogens is 272 g/mol. The predicted molar refractivity (Wildman–Crippen MR) is 78.8 cm³/mol. The number of carboxylic acids is 1. The van der Waals surface area contributed by atoms with Gasteiger partial charge in [0.05, 0.1) is 18.8 Å². The third-order valence-corrected chi connectivity index (χ3v) is 3.54. The minimum absolute atomic E-state index is 0.0705. The molecule has 1 aliphatic heterocycles. The van der Waals surface area contributed by atoms with Crippen molar-refractivity contribution < 1.29 is 19.4 Å². The molecule has 0 aromatic heterocycles. The number of nitrogens with one attached hydrogen (secondary N) is 1. The average molecular weight is 292 g/mol. The summed E-state index contributed by atoms with van der Waals surface area (Å²) in [5.74, 6) is -1.02. The van der Waals surface area contributed by atoms with Crippen LogP contribution in [-0.4, -0.2) is 49.3 Å². The van der Waals surface area contributed by atoms with Crippen molar-refractivity contribution in [2.24, 2.45) is 0 Å². The summed E-state index contributed by atoms with van der Waals surface area (Å²) in [4.78, 5) is 25.1. The molecule has 1 atom stereocenters. The molecule has 0 radical (unpaired) electrons. The molecule has 0 bridgehead atoms. The van der Waals surface area contributed by atoms with Gasteiger partial charge in [-0.25, -0.2) is 4.79 Å². The molecule has 6 nitrogen and oxygen atoms in total. The summed E-state index contributed by atoms with van der Waals surface area (Å²) in [6.07, 6.45) is 0. The number of carbonyl (C=O) groups excluding carboxylic acids is 1. The van der Waals surface area contributed by atoms with Gasteiger partial charge in [0.25, 0.3) is 0 Å². The van der Waals surface area contributed by atoms with E-state index < -0.39 is 5.97 Å². The zero-order valence-corrected chi connectivity index (χ0v) is 12.3. The van der Waals surface area contributed by atoms with Gasteiger partial charge < -0.3 is 20.1 Å². The molecule has 6 heteroatoms. The number of ether oxygens (including phenoxy) is 1. The van der Waals surface area contributed by atoms with E-state index in [1.807, 2.05) is 18.7 Å².